The highest BCUT2D eigenvalue weighted by molar-refractivity contribution is 7.17. The number of nitrogens with zero attached hydrogens (tertiary/aromatic N) is 2. The fourth-order valence-corrected chi connectivity index (χ4v) is 4.47. The topological polar surface area (TPSA) is 93.2 Å². The standard InChI is InChI=1S/C26H24N4O3S/c1-16-12-21(13-17(2)22(16)33-15-19-8-7-11-27-14-19)24(31)29-30-25(32)23-18(3)28-26(34-23)20-9-5-4-6-10-20/h4-14H,15H2,1-3H3,(H,29,31)(H,30,32). The molecule has 0 aliphatic heterocycles. The average molecular weight is 473 g/mol. The van der Waals surface area contributed by atoms with E-state index in [2.05, 4.69) is 20.8 Å². The largest absolute Gasteiger partial charge is 0.488 e. The van der Waals surface area contributed by atoms with Gasteiger partial charge in [0.2, 0.25) is 0 Å². The molecule has 0 radical (unpaired) electrons. The predicted molar refractivity (Wildman–Crippen MR) is 132 cm³/mol. The number of pyridine rings is 1. The SMILES string of the molecule is Cc1cc(C(=O)NNC(=O)c2sc(-c3ccccc3)nc2C)cc(C)c1OCc1cccnc1. The molecule has 2 aromatic carbocycles. The number of rotatable bonds is 6. The lowest BCUT2D eigenvalue weighted by Gasteiger charge is -2.14. The van der Waals surface area contributed by atoms with Crippen molar-refractivity contribution in [3.63, 3.8) is 0 Å². The number of hydrogen-bond donors (Lipinski definition) is 2. The van der Waals surface area contributed by atoms with Gasteiger partial charge in [-0.1, -0.05) is 36.4 Å². The lowest BCUT2D eigenvalue weighted by Crippen LogP contribution is -2.41. The van der Waals surface area contributed by atoms with Gasteiger partial charge >= 0.3 is 0 Å². The average Bonchev–Trinajstić information content (AvgIpc) is 3.24. The number of hydrazine groups is 1. The Morgan fingerprint density at radius 1 is 0.941 bits per heavy atom. The highest BCUT2D eigenvalue weighted by Crippen LogP contribution is 2.28. The van der Waals surface area contributed by atoms with Crippen LogP contribution in [0, 0.1) is 20.8 Å². The summed E-state index contributed by atoms with van der Waals surface area (Å²) >= 11 is 1.28. The molecule has 0 bridgehead atoms. The highest BCUT2D eigenvalue weighted by Gasteiger charge is 2.18. The maximum atomic E-state index is 12.7. The number of amides is 2. The van der Waals surface area contributed by atoms with Crippen LogP contribution in [0.3, 0.4) is 0 Å². The number of carbonyl (C=O) groups is 2. The molecular weight excluding hydrogens is 448 g/mol. The first-order valence-electron chi connectivity index (χ1n) is 10.7. The summed E-state index contributed by atoms with van der Waals surface area (Å²) in [5.41, 5.74) is 9.58. The molecule has 0 saturated carbocycles. The summed E-state index contributed by atoms with van der Waals surface area (Å²) in [5.74, 6) is -0.0997. The summed E-state index contributed by atoms with van der Waals surface area (Å²) in [4.78, 5) is 34.4. The minimum Gasteiger partial charge on any atom is -0.488 e. The van der Waals surface area contributed by atoms with Crippen LogP contribution in [0.2, 0.25) is 0 Å². The van der Waals surface area contributed by atoms with Crippen molar-refractivity contribution in [1.29, 1.82) is 0 Å². The first-order chi connectivity index (χ1) is 16.4. The molecule has 0 fully saturated rings. The minimum atomic E-state index is -0.413. The maximum Gasteiger partial charge on any atom is 0.281 e. The van der Waals surface area contributed by atoms with Gasteiger partial charge in [0.05, 0.1) is 5.69 Å². The van der Waals surface area contributed by atoms with E-state index in [0.29, 0.717) is 22.7 Å². The third-order valence-electron chi connectivity index (χ3n) is 5.14. The molecule has 8 heteroatoms. The first kappa shape index (κ1) is 23.1. The second kappa shape index (κ2) is 10.3. The van der Waals surface area contributed by atoms with Crippen LogP contribution in [0.15, 0.2) is 67.0 Å². The Morgan fingerprint density at radius 3 is 2.32 bits per heavy atom. The molecule has 2 amide bonds. The summed E-state index contributed by atoms with van der Waals surface area (Å²) in [5, 5.41) is 0.752. The molecule has 0 aliphatic rings. The number of aryl methyl sites for hydroxylation is 3. The molecule has 2 aromatic heterocycles. The van der Waals surface area contributed by atoms with Crippen molar-refractivity contribution in [3.8, 4) is 16.3 Å². The fourth-order valence-electron chi connectivity index (χ4n) is 3.50. The van der Waals surface area contributed by atoms with Crippen LogP contribution < -0.4 is 15.6 Å². The molecule has 0 spiro atoms. The lowest BCUT2D eigenvalue weighted by atomic mass is 10.1. The van der Waals surface area contributed by atoms with E-state index >= 15 is 0 Å². The smallest absolute Gasteiger partial charge is 0.281 e. The quantitative estimate of drug-likeness (QED) is 0.394. The molecule has 7 nitrogen and oxygen atoms in total. The van der Waals surface area contributed by atoms with Gasteiger partial charge in [0, 0.05) is 29.1 Å². The van der Waals surface area contributed by atoms with E-state index in [1.54, 1.807) is 31.5 Å². The summed E-state index contributed by atoms with van der Waals surface area (Å²) in [7, 11) is 0. The number of hydrogen-bond acceptors (Lipinski definition) is 6. The van der Waals surface area contributed by atoms with Gasteiger partial charge in [-0.3, -0.25) is 25.4 Å². The molecule has 0 unspecified atom stereocenters. The Bertz CT molecular complexity index is 1300. The molecular formula is C26H24N4O3S. The zero-order valence-corrected chi connectivity index (χ0v) is 19.9. The summed E-state index contributed by atoms with van der Waals surface area (Å²) in [6, 6.07) is 16.9. The van der Waals surface area contributed by atoms with Crippen molar-refractivity contribution in [3.05, 3.63) is 99.8 Å². The van der Waals surface area contributed by atoms with E-state index in [9.17, 15) is 9.59 Å². The third kappa shape index (κ3) is 5.29. The summed E-state index contributed by atoms with van der Waals surface area (Å²) in [6.07, 6.45) is 3.47. The number of benzene rings is 2. The van der Waals surface area contributed by atoms with E-state index in [0.717, 1.165) is 33.0 Å². The minimum absolute atomic E-state index is 0.385. The monoisotopic (exact) mass is 472 g/mol. The highest BCUT2D eigenvalue weighted by atomic mass is 32.1. The second-order valence-corrected chi connectivity index (χ2v) is 8.80. The van der Waals surface area contributed by atoms with Gasteiger partial charge < -0.3 is 4.74 Å². The van der Waals surface area contributed by atoms with Crippen molar-refractivity contribution in [2.45, 2.75) is 27.4 Å². The van der Waals surface area contributed by atoms with Crippen LogP contribution in [0.25, 0.3) is 10.6 Å². The van der Waals surface area contributed by atoms with Crippen LogP contribution in [0.5, 0.6) is 5.75 Å². The molecule has 34 heavy (non-hydrogen) atoms. The van der Waals surface area contributed by atoms with Crippen LogP contribution >= 0.6 is 11.3 Å². The number of carbonyl (C=O) groups excluding carboxylic acids is 2. The normalized spacial score (nSPS) is 10.6. The first-order valence-corrected chi connectivity index (χ1v) is 11.5. The van der Waals surface area contributed by atoms with Crippen molar-refractivity contribution < 1.29 is 14.3 Å². The van der Waals surface area contributed by atoms with Gasteiger partial charge in [-0.15, -0.1) is 11.3 Å². The van der Waals surface area contributed by atoms with Crippen LogP contribution in [-0.4, -0.2) is 21.8 Å². The molecule has 0 saturated heterocycles. The molecule has 4 rings (SSSR count). The van der Waals surface area contributed by atoms with Gasteiger partial charge in [0.25, 0.3) is 11.8 Å². The van der Waals surface area contributed by atoms with Crippen molar-refractivity contribution >= 4 is 23.2 Å². The molecule has 0 aliphatic carbocycles. The number of ether oxygens (including phenoxy) is 1. The number of aromatic nitrogens is 2. The van der Waals surface area contributed by atoms with Gasteiger partial charge in [0.15, 0.2) is 0 Å². The molecule has 0 atom stereocenters. The van der Waals surface area contributed by atoms with Gasteiger partial charge in [0.1, 0.15) is 22.2 Å². The second-order valence-electron chi connectivity index (χ2n) is 7.80. The van der Waals surface area contributed by atoms with E-state index in [-0.39, 0.29) is 0 Å². The molecule has 4 aromatic rings. The predicted octanol–water partition coefficient (Wildman–Crippen LogP) is 4.78. The Hall–Kier alpha value is -4.04. The Balaban J connectivity index is 1.40. The zero-order chi connectivity index (χ0) is 24.1. The Kier molecular flexibility index (Phi) is 6.98. The van der Waals surface area contributed by atoms with Crippen LogP contribution in [-0.2, 0) is 6.61 Å². The zero-order valence-electron chi connectivity index (χ0n) is 19.1. The Morgan fingerprint density at radius 2 is 1.65 bits per heavy atom. The fraction of sp³-hybridized carbons (Fsp3) is 0.154. The van der Waals surface area contributed by atoms with Crippen molar-refractivity contribution in [2.24, 2.45) is 0 Å². The molecule has 172 valence electrons. The molecule has 2 heterocycles. The van der Waals surface area contributed by atoms with Crippen molar-refractivity contribution in [1.82, 2.24) is 20.8 Å². The summed E-state index contributed by atoms with van der Waals surface area (Å²) < 4.78 is 5.95. The summed E-state index contributed by atoms with van der Waals surface area (Å²) in [6.45, 7) is 5.92. The van der Waals surface area contributed by atoms with Gasteiger partial charge in [-0.25, -0.2) is 4.98 Å². The van der Waals surface area contributed by atoms with Crippen LogP contribution in [0.1, 0.15) is 42.4 Å². The van der Waals surface area contributed by atoms with E-state index in [4.69, 9.17) is 4.74 Å². The molecule has 2 N–H and O–H groups in total. The van der Waals surface area contributed by atoms with Crippen molar-refractivity contribution in [2.75, 3.05) is 0 Å². The Labute approximate surface area is 201 Å². The van der Waals surface area contributed by atoms with E-state index in [1.165, 1.54) is 11.3 Å². The third-order valence-corrected chi connectivity index (χ3v) is 6.35. The number of nitrogens with one attached hydrogen (secondary N) is 2. The maximum absolute atomic E-state index is 12.7. The van der Waals surface area contributed by atoms with Gasteiger partial charge in [-0.2, -0.15) is 0 Å². The van der Waals surface area contributed by atoms with E-state index in [1.807, 2.05) is 56.3 Å². The number of thiazole rings is 1. The van der Waals surface area contributed by atoms with E-state index < -0.39 is 11.8 Å². The van der Waals surface area contributed by atoms with Gasteiger partial charge in [-0.05, 0) is 50.1 Å². The van der Waals surface area contributed by atoms with Crippen LogP contribution in [0.4, 0.5) is 0 Å². The lowest BCUT2D eigenvalue weighted by molar-refractivity contribution is 0.0848.